The molecule has 1 amide bonds. The van der Waals surface area contributed by atoms with Crippen molar-refractivity contribution in [3.63, 3.8) is 0 Å². The second kappa shape index (κ2) is 14.9. The number of carbonyl (C=O) groups excluding carboxylic acids is 2. The highest BCUT2D eigenvalue weighted by Crippen LogP contribution is 2.31. The summed E-state index contributed by atoms with van der Waals surface area (Å²) in [5, 5.41) is 21.2. The first-order chi connectivity index (χ1) is 19.1. The molecule has 40 heavy (non-hydrogen) atoms. The Balaban J connectivity index is 1.81. The minimum atomic E-state index is -1.23. The lowest BCUT2D eigenvalue weighted by Gasteiger charge is -2.23. The molecule has 0 saturated carbocycles. The summed E-state index contributed by atoms with van der Waals surface area (Å²) in [7, 11) is 0. The SMILES string of the molecule is CC(C)(C)OC(=O)N[C@@H](Cc1ccc(OCc2ccccc2)c(OCc2ccccc2)c1)C(=O)OC[C@@H](O)CO. The number of nitrogens with one attached hydrogen (secondary N) is 1. The molecule has 9 nitrogen and oxygen atoms in total. The highest BCUT2D eigenvalue weighted by molar-refractivity contribution is 5.81. The molecule has 0 unspecified atom stereocenters. The molecular weight excluding hydrogens is 514 g/mol. The lowest BCUT2D eigenvalue weighted by atomic mass is 10.1. The standard InChI is InChI=1S/C31H37NO8/c1-31(2,3)40-30(36)32-26(29(35)39-21-25(34)18-33)16-24-14-15-27(37-19-22-10-6-4-7-11-22)28(17-24)38-20-23-12-8-5-9-13-23/h4-15,17,25-26,33-34H,16,18-21H2,1-3H3,(H,32,36)/t25-,26-/m0/s1. The van der Waals surface area contributed by atoms with Gasteiger partial charge in [0.25, 0.3) is 0 Å². The Hall–Kier alpha value is -4.08. The van der Waals surface area contributed by atoms with Gasteiger partial charge in [0.2, 0.25) is 0 Å². The maximum absolute atomic E-state index is 12.8. The molecule has 0 aliphatic heterocycles. The second-order valence-corrected chi connectivity index (χ2v) is 10.2. The number of hydrogen-bond acceptors (Lipinski definition) is 8. The van der Waals surface area contributed by atoms with E-state index in [1.54, 1.807) is 39.0 Å². The van der Waals surface area contributed by atoms with Crippen molar-refractivity contribution in [3.8, 4) is 11.5 Å². The highest BCUT2D eigenvalue weighted by atomic mass is 16.6. The summed E-state index contributed by atoms with van der Waals surface area (Å²) in [6.07, 6.45) is -1.97. The lowest BCUT2D eigenvalue weighted by Crippen LogP contribution is -2.46. The molecule has 3 rings (SSSR count). The van der Waals surface area contributed by atoms with Gasteiger partial charge in [-0.1, -0.05) is 66.7 Å². The average molecular weight is 552 g/mol. The minimum Gasteiger partial charge on any atom is -0.485 e. The van der Waals surface area contributed by atoms with Crippen molar-refractivity contribution in [2.75, 3.05) is 13.2 Å². The second-order valence-electron chi connectivity index (χ2n) is 10.2. The molecule has 0 saturated heterocycles. The van der Waals surface area contributed by atoms with Crippen LogP contribution in [0.4, 0.5) is 4.79 Å². The third-order valence-corrected chi connectivity index (χ3v) is 5.53. The molecule has 0 fully saturated rings. The Kier molecular flexibility index (Phi) is 11.4. The van der Waals surface area contributed by atoms with E-state index in [0.717, 1.165) is 11.1 Å². The number of alkyl carbamates (subject to hydrolysis) is 1. The molecule has 0 radical (unpaired) electrons. The molecule has 9 heteroatoms. The number of ether oxygens (including phenoxy) is 4. The Morgan fingerprint density at radius 1 is 0.825 bits per heavy atom. The first kappa shape index (κ1) is 30.5. The van der Waals surface area contributed by atoms with Crippen LogP contribution in [-0.4, -0.2) is 53.2 Å². The number of aliphatic hydroxyl groups is 2. The van der Waals surface area contributed by atoms with Crippen LogP contribution >= 0.6 is 0 Å². The van der Waals surface area contributed by atoms with Gasteiger partial charge in [0.15, 0.2) is 11.5 Å². The van der Waals surface area contributed by atoms with Gasteiger partial charge in [-0.25, -0.2) is 9.59 Å². The zero-order valence-electron chi connectivity index (χ0n) is 23.0. The van der Waals surface area contributed by atoms with Crippen LogP contribution in [0.25, 0.3) is 0 Å². The van der Waals surface area contributed by atoms with Crippen molar-refractivity contribution < 1.29 is 38.7 Å². The van der Waals surface area contributed by atoms with Crippen LogP contribution in [0.5, 0.6) is 11.5 Å². The van der Waals surface area contributed by atoms with E-state index in [9.17, 15) is 14.7 Å². The summed E-state index contributed by atoms with van der Waals surface area (Å²) < 4.78 is 22.6. The van der Waals surface area contributed by atoms with Crippen molar-refractivity contribution in [2.24, 2.45) is 0 Å². The minimum absolute atomic E-state index is 0.0496. The summed E-state index contributed by atoms with van der Waals surface area (Å²) in [4.78, 5) is 25.3. The number of aliphatic hydroxyl groups excluding tert-OH is 2. The van der Waals surface area contributed by atoms with E-state index in [1.165, 1.54) is 0 Å². The first-order valence-electron chi connectivity index (χ1n) is 13.0. The van der Waals surface area contributed by atoms with Crippen molar-refractivity contribution in [1.82, 2.24) is 5.32 Å². The molecule has 3 aromatic carbocycles. The summed E-state index contributed by atoms with van der Waals surface area (Å²) >= 11 is 0. The molecule has 214 valence electrons. The number of carbonyl (C=O) groups is 2. The lowest BCUT2D eigenvalue weighted by molar-refractivity contribution is -0.149. The molecule has 0 spiro atoms. The maximum Gasteiger partial charge on any atom is 0.408 e. The van der Waals surface area contributed by atoms with Gasteiger partial charge < -0.3 is 34.5 Å². The van der Waals surface area contributed by atoms with Crippen molar-refractivity contribution >= 4 is 12.1 Å². The Labute approximate surface area is 234 Å². The van der Waals surface area contributed by atoms with Crippen LogP contribution in [-0.2, 0) is 33.9 Å². The van der Waals surface area contributed by atoms with Crippen molar-refractivity contribution in [2.45, 2.75) is 58.2 Å². The van der Waals surface area contributed by atoms with Crippen LogP contribution in [0.3, 0.4) is 0 Å². The zero-order chi connectivity index (χ0) is 29.0. The topological polar surface area (TPSA) is 124 Å². The highest BCUT2D eigenvalue weighted by Gasteiger charge is 2.27. The van der Waals surface area contributed by atoms with Crippen LogP contribution in [0, 0.1) is 0 Å². The fourth-order valence-electron chi connectivity index (χ4n) is 3.59. The van der Waals surface area contributed by atoms with Crippen molar-refractivity contribution in [1.29, 1.82) is 0 Å². The average Bonchev–Trinajstić information content (AvgIpc) is 2.93. The van der Waals surface area contributed by atoms with Crippen LogP contribution < -0.4 is 14.8 Å². The molecule has 0 bridgehead atoms. The fraction of sp³-hybridized carbons (Fsp3) is 0.355. The van der Waals surface area contributed by atoms with E-state index in [4.69, 9.17) is 24.1 Å². The summed E-state index contributed by atoms with van der Waals surface area (Å²) in [6.45, 7) is 4.78. The number of esters is 1. The maximum atomic E-state index is 12.8. The molecule has 0 aliphatic rings. The zero-order valence-corrected chi connectivity index (χ0v) is 23.0. The van der Waals surface area contributed by atoms with E-state index in [-0.39, 0.29) is 6.42 Å². The van der Waals surface area contributed by atoms with Gasteiger partial charge >= 0.3 is 12.1 Å². The largest absolute Gasteiger partial charge is 0.485 e. The predicted octanol–water partition coefficient (Wildman–Crippen LogP) is 4.18. The van der Waals surface area contributed by atoms with E-state index < -0.39 is 43.0 Å². The van der Waals surface area contributed by atoms with Gasteiger partial charge in [0.05, 0.1) is 6.61 Å². The first-order valence-corrected chi connectivity index (χ1v) is 13.0. The third kappa shape index (κ3) is 10.6. The van der Waals surface area contributed by atoms with Gasteiger partial charge in [-0.05, 0) is 49.6 Å². The summed E-state index contributed by atoms with van der Waals surface area (Å²) in [6, 6.07) is 23.6. The molecule has 2 atom stereocenters. The third-order valence-electron chi connectivity index (χ3n) is 5.53. The Morgan fingerprint density at radius 2 is 1.40 bits per heavy atom. The number of rotatable bonds is 13. The smallest absolute Gasteiger partial charge is 0.408 e. The van der Waals surface area contributed by atoms with Gasteiger partial charge in [0.1, 0.15) is 37.6 Å². The molecule has 3 N–H and O–H groups in total. The molecule has 0 aliphatic carbocycles. The normalized spacial score (nSPS) is 12.6. The summed E-state index contributed by atoms with van der Waals surface area (Å²) in [5.74, 6) is 0.209. The number of hydrogen-bond donors (Lipinski definition) is 3. The van der Waals surface area contributed by atoms with Crippen LogP contribution in [0.15, 0.2) is 78.9 Å². The van der Waals surface area contributed by atoms with Gasteiger partial charge in [0, 0.05) is 6.42 Å². The van der Waals surface area contributed by atoms with Crippen LogP contribution in [0.1, 0.15) is 37.5 Å². The number of amides is 1. The van der Waals surface area contributed by atoms with E-state index >= 15 is 0 Å². The Bertz CT molecular complexity index is 1210. The molecule has 0 heterocycles. The van der Waals surface area contributed by atoms with Gasteiger partial charge in [-0.3, -0.25) is 0 Å². The summed E-state index contributed by atoms with van der Waals surface area (Å²) in [5.41, 5.74) is 1.85. The Morgan fingerprint density at radius 3 is 1.95 bits per heavy atom. The monoisotopic (exact) mass is 551 g/mol. The predicted molar refractivity (Wildman–Crippen MR) is 149 cm³/mol. The number of benzene rings is 3. The van der Waals surface area contributed by atoms with Crippen molar-refractivity contribution in [3.05, 3.63) is 95.6 Å². The van der Waals surface area contributed by atoms with Crippen LogP contribution in [0.2, 0.25) is 0 Å². The van der Waals surface area contributed by atoms with Gasteiger partial charge in [-0.2, -0.15) is 0 Å². The van der Waals surface area contributed by atoms with Gasteiger partial charge in [-0.15, -0.1) is 0 Å². The fourth-order valence-corrected chi connectivity index (χ4v) is 3.59. The van der Waals surface area contributed by atoms with E-state index in [2.05, 4.69) is 5.32 Å². The molecule has 3 aromatic rings. The van der Waals surface area contributed by atoms with E-state index in [1.807, 2.05) is 60.7 Å². The molecule has 0 aromatic heterocycles. The van der Waals surface area contributed by atoms with E-state index in [0.29, 0.717) is 30.3 Å². The molecular formula is C31H37NO8. The quantitative estimate of drug-likeness (QED) is 0.271.